The van der Waals surface area contributed by atoms with Crippen LogP contribution in [0.15, 0.2) is 55.0 Å². The van der Waals surface area contributed by atoms with Gasteiger partial charge in [0.15, 0.2) is 5.15 Å². The van der Waals surface area contributed by atoms with Gasteiger partial charge in [-0.1, -0.05) is 11.6 Å². The molecule has 0 aliphatic carbocycles. The van der Waals surface area contributed by atoms with E-state index in [2.05, 4.69) is 19.9 Å². The van der Waals surface area contributed by atoms with Gasteiger partial charge < -0.3 is 14.5 Å². The number of pyridine rings is 2. The van der Waals surface area contributed by atoms with E-state index in [9.17, 15) is 17.6 Å². The van der Waals surface area contributed by atoms with Gasteiger partial charge in [0, 0.05) is 41.3 Å². The highest BCUT2D eigenvalue weighted by atomic mass is 35.5. The fourth-order valence-electron chi connectivity index (χ4n) is 3.13. The molecule has 4 rings (SSSR count). The molecule has 1 aromatic carbocycles. The summed E-state index contributed by atoms with van der Waals surface area (Å²) in [6.45, 7) is -0.336. The van der Waals surface area contributed by atoms with Crippen LogP contribution in [0.5, 0.6) is 11.5 Å². The molecule has 0 radical (unpaired) electrons. The van der Waals surface area contributed by atoms with Crippen LogP contribution in [-0.4, -0.2) is 27.0 Å². The van der Waals surface area contributed by atoms with Gasteiger partial charge in [-0.05, 0) is 30.3 Å². The zero-order valence-corrected chi connectivity index (χ0v) is 17.7. The van der Waals surface area contributed by atoms with Crippen molar-refractivity contribution in [2.24, 2.45) is 0 Å². The number of rotatable bonds is 6. The molecule has 0 aliphatic heterocycles. The SMILES string of the molecule is COc1cc(OCc2cnccc2C(F)(F)F)ccc1-c1[nH]c(-c2ccc(F)nc2)nc1Cl. The van der Waals surface area contributed by atoms with E-state index in [1.54, 1.807) is 12.1 Å². The molecule has 0 bridgehead atoms. The molecule has 33 heavy (non-hydrogen) atoms. The first-order valence-corrected chi connectivity index (χ1v) is 9.83. The molecule has 0 fully saturated rings. The van der Waals surface area contributed by atoms with Crippen LogP contribution in [0, 0.1) is 5.95 Å². The third kappa shape index (κ3) is 4.90. The van der Waals surface area contributed by atoms with E-state index in [0.717, 1.165) is 18.5 Å². The summed E-state index contributed by atoms with van der Waals surface area (Å²) in [5.41, 5.74) is 0.600. The van der Waals surface area contributed by atoms with Gasteiger partial charge in [0.1, 0.15) is 23.9 Å². The van der Waals surface area contributed by atoms with Crippen molar-refractivity contribution >= 4 is 11.6 Å². The average molecular weight is 479 g/mol. The van der Waals surface area contributed by atoms with Crippen LogP contribution < -0.4 is 9.47 Å². The van der Waals surface area contributed by atoms with E-state index < -0.39 is 17.7 Å². The van der Waals surface area contributed by atoms with Crippen molar-refractivity contribution in [3.63, 3.8) is 0 Å². The molecular formula is C22H15ClF4N4O2. The largest absolute Gasteiger partial charge is 0.496 e. The minimum absolute atomic E-state index is 0.0952. The summed E-state index contributed by atoms with van der Waals surface area (Å²) in [6, 6.07) is 8.33. The molecule has 0 unspecified atom stereocenters. The minimum atomic E-state index is -4.52. The van der Waals surface area contributed by atoms with E-state index in [0.29, 0.717) is 28.4 Å². The number of ether oxygens (including phenoxy) is 2. The molecule has 0 saturated carbocycles. The topological polar surface area (TPSA) is 72.9 Å². The van der Waals surface area contributed by atoms with Crippen LogP contribution in [-0.2, 0) is 12.8 Å². The Labute approximate surface area is 190 Å². The van der Waals surface area contributed by atoms with Crippen molar-refractivity contribution in [3.8, 4) is 34.1 Å². The maximum atomic E-state index is 13.2. The minimum Gasteiger partial charge on any atom is -0.496 e. The summed E-state index contributed by atoms with van der Waals surface area (Å²) >= 11 is 6.29. The van der Waals surface area contributed by atoms with E-state index >= 15 is 0 Å². The Bertz CT molecular complexity index is 1280. The van der Waals surface area contributed by atoms with E-state index in [1.807, 2.05) is 0 Å². The lowest BCUT2D eigenvalue weighted by atomic mass is 10.1. The third-order valence-corrected chi connectivity index (χ3v) is 4.98. The Hall–Kier alpha value is -3.66. The van der Waals surface area contributed by atoms with E-state index in [1.165, 1.54) is 31.5 Å². The molecule has 6 nitrogen and oxygen atoms in total. The zero-order chi connectivity index (χ0) is 23.6. The second kappa shape index (κ2) is 9.07. The number of H-pyrrole nitrogens is 1. The molecule has 170 valence electrons. The summed E-state index contributed by atoms with van der Waals surface area (Å²) in [5, 5.41) is 0.145. The summed E-state index contributed by atoms with van der Waals surface area (Å²) < 4.78 is 63.6. The zero-order valence-electron chi connectivity index (χ0n) is 17.0. The van der Waals surface area contributed by atoms with Crippen molar-refractivity contribution in [1.82, 2.24) is 19.9 Å². The number of imidazole rings is 1. The van der Waals surface area contributed by atoms with Gasteiger partial charge in [-0.15, -0.1) is 0 Å². The first-order chi connectivity index (χ1) is 15.8. The molecule has 0 amide bonds. The molecule has 3 aromatic heterocycles. The lowest BCUT2D eigenvalue weighted by Gasteiger charge is -2.14. The van der Waals surface area contributed by atoms with Crippen molar-refractivity contribution in [3.05, 3.63) is 77.2 Å². The Morgan fingerprint density at radius 3 is 2.61 bits per heavy atom. The molecule has 0 spiro atoms. The maximum Gasteiger partial charge on any atom is 0.416 e. The number of hydrogen-bond acceptors (Lipinski definition) is 5. The fraction of sp³-hybridized carbons (Fsp3) is 0.136. The second-order valence-corrected chi connectivity index (χ2v) is 7.16. The standard InChI is InChI=1S/C22H15ClF4N4O2/c1-32-17-8-14(33-11-13-9-28-7-6-16(13)22(25,26)27)3-4-15(17)19-20(23)31-21(30-19)12-2-5-18(24)29-10-12/h2-10H,11H2,1H3,(H,30,31). The number of aromatic amines is 1. The Kier molecular flexibility index (Phi) is 6.19. The highest BCUT2D eigenvalue weighted by Gasteiger charge is 2.33. The maximum absolute atomic E-state index is 13.2. The lowest BCUT2D eigenvalue weighted by molar-refractivity contribution is -0.138. The average Bonchev–Trinajstić information content (AvgIpc) is 3.18. The summed E-state index contributed by atoms with van der Waals surface area (Å²) in [7, 11) is 1.43. The molecule has 1 N–H and O–H groups in total. The predicted octanol–water partition coefficient (Wildman–Crippen LogP) is 5.93. The Balaban J connectivity index is 1.59. The van der Waals surface area contributed by atoms with Crippen molar-refractivity contribution in [2.75, 3.05) is 7.11 Å². The van der Waals surface area contributed by atoms with Gasteiger partial charge in [0.2, 0.25) is 5.95 Å². The van der Waals surface area contributed by atoms with E-state index in [-0.39, 0.29) is 23.1 Å². The molecule has 0 aliphatic rings. The monoisotopic (exact) mass is 478 g/mol. The van der Waals surface area contributed by atoms with Crippen LogP contribution in [0.25, 0.3) is 22.6 Å². The Morgan fingerprint density at radius 1 is 1.09 bits per heavy atom. The number of methoxy groups -OCH3 is 1. The summed E-state index contributed by atoms with van der Waals surface area (Å²) in [4.78, 5) is 14.6. The van der Waals surface area contributed by atoms with Gasteiger partial charge >= 0.3 is 6.18 Å². The number of halogens is 5. The number of hydrogen-bond donors (Lipinski definition) is 1. The molecule has 11 heteroatoms. The van der Waals surface area contributed by atoms with Gasteiger partial charge in [-0.2, -0.15) is 17.6 Å². The lowest BCUT2D eigenvalue weighted by Crippen LogP contribution is -2.11. The van der Waals surface area contributed by atoms with Gasteiger partial charge in [-0.25, -0.2) is 9.97 Å². The van der Waals surface area contributed by atoms with Crippen molar-refractivity contribution in [1.29, 1.82) is 0 Å². The quantitative estimate of drug-likeness (QED) is 0.274. The summed E-state index contributed by atoms with van der Waals surface area (Å²) in [6.07, 6.45) is -1.01. The van der Waals surface area contributed by atoms with Crippen LogP contribution in [0.2, 0.25) is 5.15 Å². The Morgan fingerprint density at radius 2 is 1.91 bits per heavy atom. The fourth-order valence-corrected chi connectivity index (χ4v) is 3.36. The first kappa shape index (κ1) is 22.5. The normalized spacial score (nSPS) is 11.5. The molecular weight excluding hydrogens is 464 g/mol. The number of aromatic nitrogens is 4. The van der Waals surface area contributed by atoms with Crippen LogP contribution >= 0.6 is 11.6 Å². The third-order valence-electron chi connectivity index (χ3n) is 4.71. The summed E-state index contributed by atoms with van der Waals surface area (Å²) in [5.74, 6) is 0.388. The second-order valence-electron chi connectivity index (χ2n) is 6.80. The molecule has 0 saturated heterocycles. The molecule has 4 aromatic rings. The molecule has 0 atom stereocenters. The highest BCUT2D eigenvalue weighted by Crippen LogP contribution is 2.38. The number of nitrogens with one attached hydrogen (secondary N) is 1. The van der Waals surface area contributed by atoms with E-state index in [4.69, 9.17) is 21.1 Å². The van der Waals surface area contributed by atoms with Crippen LogP contribution in [0.1, 0.15) is 11.1 Å². The number of benzene rings is 1. The highest BCUT2D eigenvalue weighted by molar-refractivity contribution is 6.32. The van der Waals surface area contributed by atoms with Crippen molar-refractivity contribution in [2.45, 2.75) is 12.8 Å². The van der Waals surface area contributed by atoms with Crippen molar-refractivity contribution < 1.29 is 27.0 Å². The number of alkyl halides is 3. The predicted molar refractivity (Wildman–Crippen MR) is 112 cm³/mol. The number of nitrogens with zero attached hydrogens (tertiary/aromatic N) is 3. The molecule has 3 heterocycles. The van der Waals surface area contributed by atoms with Gasteiger partial charge in [0.05, 0.1) is 18.4 Å². The van der Waals surface area contributed by atoms with Crippen LogP contribution in [0.3, 0.4) is 0 Å². The van der Waals surface area contributed by atoms with Gasteiger partial charge in [-0.3, -0.25) is 4.98 Å². The van der Waals surface area contributed by atoms with Gasteiger partial charge in [0.25, 0.3) is 0 Å². The first-order valence-electron chi connectivity index (χ1n) is 9.45. The smallest absolute Gasteiger partial charge is 0.416 e. The van der Waals surface area contributed by atoms with Crippen LogP contribution in [0.4, 0.5) is 17.6 Å².